The van der Waals surface area contributed by atoms with Gasteiger partial charge < -0.3 is 14.7 Å². The first kappa shape index (κ1) is 21.2. The average Bonchev–Trinajstić information content (AvgIpc) is 3.12. The van der Waals surface area contributed by atoms with Crippen LogP contribution < -0.4 is 4.74 Å². The summed E-state index contributed by atoms with van der Waals surface area (Å²) in [5.74, 6) is 0.277. The molecule has 0 saturated carbocycles. The summed E-state index contributed by atoms with van der Waals surface area (Å²) in [5.41, 5.74) is 2.12. The summed E-state index contributed by atoms with van der Waals surface area (Å²) in [6, 6.07) is 14.0. The van der Waals surface area contributed by atoms with Crippen molar-refractivity contribution in [1.82, 2.24) is 9.80 Å². The first-order valence-electron chi connectivity index (χ1n) is 9.64. The second-order valence-corrected chi connectivity index (χ2v) is 9.28. The van der Waals surface area contributed by atoms with Gasteiger partial charge in [-0.1, -0.05) is 30.3 Å². The lowest BCUT2D eigenvalue weighted by Gasteiger charge is -2.35. The molecule has 0 aromatic heterocycles. The van der Waals surface area contributed by atoms with Crippen LogP contribution in [0.1, 0.15) is 11.1 Å². The molecule has 6 nitrogen and oxygen atoms in total. The number of benzene rings is 2. The standard InChI is InChI=1S/C22H22IN3O3S/c1-29-18-12-16(11-17(23)20(18)27)13-19-21(28)24-22(30-19)26-9-7-25(8-10-26)14-15-5-3-2-4-6-15/h2-6,11-13,27H,7-10,14H2,1H3/b19-13+. The van der Waals surface area contributed by atoms with Crippen molar-refractivity contribution < 1.29 is 14.6 Å². The number of amidine groups is 1. The molecule has 2 heterocycles. The van der Waals surface area contributed by atoms with Crippen LogP contribution in [0.25, 0.3) is 6.08 Å². The van der Waals surface area contributed by atoms with Crippen molar-refractivity contribution in [3.8, 4) is 11.5 Å². The first-order chi connectivity index (χ1) is 14.5. The fourth-order valence-electron chi connectivity index (χ4n) is 3.46. The Morgan fingerprint density at radius 2 is 1.93 bits per heavy atom. The molecule has 0 atom stereocenters. The summed E-state index contributed by atoms with van der Waals surface area (Å²) in [6.45, 7) is 4.53. The number of halogens is 1. The van der Waals surface area contributed by atoms with Gasteiger partial charge in [0.15, 0.2) is 16.7 Å². The van der Waals surface area contributed by atoms with Crippen LogP contribution >= 0.6 is 34.4 Å². The molecule has 0 unspecified atom stereocenters. The summed E-state index contributed by atoms with van der Waals surface area (Å²) in [6.07, 6.45) is 1.80. The predicted molar refractivity (Wildman–Crippen MR) is 129 cm³/mol. The third-order valence-electron chi connectivity index (χ3n) is 5.07. The molecule has 0 radical (unpaired) electrons. The lowest BCUT2D eigenvalue weighted by Crippen LogP contribution is -2.47. The maximum absolute atomic E-state index is 12.4. The molecule has 0 bridgehead atoms. The van der Waals surface area contributed by atoms with Crippen LogP contribution in [0, 0.1) is 3.57 Å². The lowest BCUT2D eigenvalue weighted by molar-refractivity contribution is -0.113. The molecule has 0 aliphatic carbocycles. The van der Waals surface area contributed by atoms with Gasteiger partial charge in [0, 0.05) is 32.7 Å². The lowest BCUT2D eigenvalue weighted by atomic mass is 10.2. The molecule has 0 spiro atoms. The SMILES string of the molecule is COc1cc(/C=C2/SC(N3CCN(Cc4ccccc4)CC3)=NC2=O)cc(I)c1O. The number of phenols is 1. The number of methoxy groups -OCH3 is 1. The fraction of sp³-hybridized carbons (Fsp3) is 0.273. The summed E-state index contributed by atoms with van der Waals surface area (Å²) >= 11 is 3.46. The number of nitrogens with zero attached hydrogens (tertiary/aromatic N) is 3. The Labute approximate surface area is 193 Å². The van der Waals surface area contributed by atoms with E-state index in [2.05, 4.69) is 39.1 Å². The average molecular weight is 535 g/mol. The van der Waals surface area contributed by atoms with Gasteiger partial charge in [0.2, 0.25) is 0 Å². The molecule has 4 rings (SSSR count). The van der Waals surface area contributed by atoms with Crippen molar-refractivity contribution in [2.75, 3.05) is 33.3 Å². The number of piperazine rings is 1. The number of hydrogen-bond acceptors (Lipinski definition) is 6. The molecule has 8 heteroatoms. The van der Waals surface area contributed by atoms with E-state index in [1.165, 1.54) is 24.4 Å². The number of ether oxygens (including phenoxy) is 1. The number of carbonyl (C=O) groups excluding carboxylic acids is 1. The summed E-state index contributed by atoms with van der Waals surface area (Å²) < 4.78 is 5.88. The second-order valence-electron chi connectivity index (χ2n) is 7.11. The quantitative estimate of drug-likeness (QED) is 0.475. The minimum Gasteiger partial charge on any atom is -0.504 e. The van der Waals surface area contributed by atoms with E-state index in [1.807, 2.05) is 34.7 Å². The topological polar surface area (TPSA) is 65.4 Å². The highest BCUT2D eigenvalue weighted by molar-refractivity contribution is 14.1. The van der Waals surface area contributed by atoms with Gasteiger partial charge in [0.25, 0.3) is 5.91 Å². The van der Waals surface area contributed by atoms with Gasteiger partial charge in [0.05, 0.1) is 15.6 Å². The van der Waals surface area contributed by atoms with E-state index in [0.717, 1.165) is 43.5 Å². The van der Waals surface area contributed by atoms with Crippen LogP contribution in [0.5, 0.6) is 11.5 Å². The minimum atomic E-state index is -0.219. The Bertz CT molecular complexity index is 1000. The van der Waals surface area contributed by atoms with E-state index in [1.54, 1.807) is 12.1 Å². The molecular weight excluding hydrogens is 513 g/mol. The third-order valence-corrected chi connectivity index (χ3v) is 6.94. The van der Waals surface area contributed by atoms with Crippen LogP contribution in [0.2, 0.25) is 0 Å². The van der Waals surface area contributed by atoms with Crippen LogP contribution in [0.4, 0.5) is 0 Å². The van der Waals surface area contributed by atoms with Gasteiger partial charge >= 0.3 is 0 Å². The van der Waals surface area contributed by atoms with Gasteiger partial charge in [-0.05, 0) is 63.7 Å². The third kappa shape index (κ3) is 4.81. The molecule has 2 aromatic carbocycles. The van der Waals surface area contributed by atoms with Crippen LogP contribution in [-0.4, -0.2) is 59.3 Å². The Morgan fingerprint density at radius 1 is 1.20 bits per heavy atom. The van der Waals surface area contributed by atoms with E-state index in [0.29, 0.717) is 14.2 Å². The van der Waals surface area contributed by atoms with Crippen molar-refractivity contribution in [3.63, 3.8) is 0 Å². The maximum atomic E-state index is 12.4. The predicted octanol–water partition coefficient (Wildman–Crippen LogP) is 3.79. The Balaban J connectivity index is 1.39. The fourth-order valence-corrected chi connectivity index (χ4v) is 5.05. The zero-order chi connectivity index (χ0) is 21.1. The van der Waals surface area contributed by atoms with Crippen LogP contribution in [0.15, 0.2) is 52.4 Å². The molecule has 1 fully saturated rings. The molecule has 30 heavy (non-hydrogen) atoms. The highest BCUT2D eigenvalue weighted by atomic mass is 127. The number of rotatable bonds is 4. The van der Waals surface area contributed by atoms with Crippen molar-refractivity contribution in [1.29, 1.82) is 0 Å². The summed E-state index contributed by atoms with van der Waals surface area (Å²) in [4.78, 5) is 21.9. The Morgan fingerprint density at radius 3 is 2.63 bits per heavy atom. The number of carbonyl (C=O) groups is 1. The summed E-state index contributed by atoms with van der Waals surface area (Å²) in [5, 5.41) is 10.8. The van der Waals surface area contributed by atoms with Crippen molar-refractivity contribution in [2.45, 2.75) is 6.54 Å². The van der Waals surface area contributed by atoms with E-state index in [-0.39, 0.29) is 11.7 Å². The van der Waals surface area contributed by atoms with E-state index < -0.39 is 0 Å². The minimum absolute atomic E-state index is 0.107. The molecule has 1 saturated heterocycles. The van der Waals surface area contributed by atoms with Crippen LogP contribution in [-0.2, 0) is 11.3 Å². The summed E-state index contributed by atoms with van der Waals surface area (Å²) in [7, 11) is 1.51. The van der Waals surface area contributed by atoms with Crippen LogP contribution in [0.3, 0.4) is 0 Å². The zero-order valence-corrected chi connectivity index (χ0v) is 19.5. The largest absolute Gasteiger partial charge is 0.504 e. The number of amides is 1. The Kier molecular flexibility index (Phi) is 6.64. The molecule has 2 aliphatic rings. The molecule has 1 N–H and O–H groups in total. The van der Waals surface area contributed by atoms with E-state index in [4.69, 9.17) is 4.74 Å². The van der Waals surface area contributed by atoms with Gasteiger partial charge in [0.1, 0.15) is 0 Å². The van der Waals surface area contributed by atoms with Gasteiger partial charge in [-0.25, -0.2) is 0 Å². The molecular formula is C22H22IN3O3S. The smallest absolute Gasteiger partial charge is 0.286 e. The maximum Gasteiger partial charge on any atom is 0.286 e. The number of hydrogen-bond donors (Lipinski definition) is 1. The number of phenolic OH excluding ortho intramolecular Hbond substituents is 1. The monoisotopic (exact) mass is 535 g/mol. The van der Waals surface area contributed by atoms with Crippen molar-refractivity contribution in [2.24, 2.45) is 4.99 Å². The van der Waals surface area contributed by atoms with Gasteiger partial charge in [-0.2, -0.15) is 4.99 Å². The molecule has 2 aromatic rings. The highest BCUT2D eigenvalue weighted by Gasteiger charge is 2.28. The molecule has 1 amide bonds. The van der Waals surface area contributed by atoms with E-state index in [9.17, 15) is 9.90 Å². The second kappa shape index (κ2) is 9.40. The highest BCUT2D eigenvalue weighted by Crippen LogP contribution is 2.35. The number of thioether (sulfide) groups is 1. The number of aliphatic imine (C=N–C) groups is 1. The normalized spacial score (nSPS) is 18.7. The Hall–Kier alpha value is -2.04. The van der Waals surface area contributed by atoms with Gasteiger partial charge in [-0.3, -0.25) is 9.69 Å². The van der Waals surface area contributed by atoms with Crippen molar-refractivity contribution in [3.05, 3.63) is 62.1 Å². The zero-order valence-electron chi connectivity index (χ0n) is 16.5. The molecule has 2 aliphatic heterocycles. The molecule has 156 valence electrons. The first-order valence-corrected chi connectivity index (χ1v) is 11.5. The number of aromatic hydroxyl groups is 1. The van der Waals surface area contributed by atoms with E-state index >= 15 is 0 Å². The van der Waals surface area contributed by atoms with Crippen molar-refractivity contribution >= 4 is 51.5 Å². The van der Waals surface area contributed by atoms with Gasteiger partial charge in [-0.15, -0.1) is 0 Å².